The van der Waals surface area contributed by atoms with E-state index >= 15 is 0 Å². The SMILES string of the molecule is CC1=C(C(=O)NCCCn2ccnc2)[C@H](c2cccs2)NC(=O)N1. The van der Waals surface area contributed by atoms with Gasteiger partial charge in [0.2, 0.25) is 0 Å². The van der Waals surface area contributed by atoms with Crippen LogP contribution in [0.3, 0.4) is 0 Å². The van der Waals surface area contributed by atoms with Gasteiger partial charge in [0.15, 0.2) is 0 Å². The van der Waals surface area contributed by atoms with Crippen LogP contribution in [0.4, 0.5) is 4.79 Å². The fraction of sp³-hybridized carbons (Fsp3) is 0.312. The van der Waals surface area contributed by atoms with Crippen LogP contribution in [0.25, 0.3) is 0 Å². The molecule has 0 spiro atoms. The van der Waals surface area contributed by atoms with Crippen molar-refractivity contribution in [3.63, 3.8) is 0 Å². The molecule has 1 aliphatic rings. The summed E-state index contributed by atoms with van der Waals surface area (Å²) in [5, 5.41) is 10.4. The van der Waals surface area contributed by atoms with Crippen LogP contribution in [0.2, 0.25) is 0 Å². The van der Waals surface area contributed by atoms with Gasteiger partial charge in [0.05, 0.1) is 17.9 Å². The quantitative estimate of drug-likeness (QED) is 0.697. The number of urea groups is 1. The predicted molar refractivity (Wildman–Crippen MR) is 91.3 cm³/mol. The Bertz CT molecular complexity index is 737. The predicted octanol–water partition coefficient (Wildman–Crippen LogP) is 1.78. The van der Waals surface area contributed by atoms with Crippen molar-refractivity contribution in [1.82, 2.24) is 25.5 Å². The molecule has 0 aliphatic carbocycles. The zero-order valence-electron chi connectivity index (χ0n) is 13.3. The number of allylic oxidation sites excluding steroid dienone is 1. The van der Waals surface area contributed by atoms with Gasteiger partial charge in [-0.1, -0.05) is 6.07 Å². The third kappa shape index (κ3) is 3.65. The fourth-order valence-corrected chi connectivity index (χ4v) is 3.43. The molecule has 3 N–H and O–H groups in total. The van der Waals surface area contributed by atoms with Crippen LogP contribution in [-0.2, 0) is 11.3 Å². The van der Waals surface area contributed by atoms with E-state index in [2.05, 4.69) is 20.9 Å². The second-order valence-electron chi connectivity index (χ2n) is 5.50. The molecular weight excluding hydrogens is 326 g/mol. The first-order valence-corrected chi connectivity index (χ1v) is 8.59. The van der Waals surface area contributed by atoms with Crippen LogP contribution >= 0.6 is 11.3 Å². The van der Waals surface area contributed by atoms with E-state index in [0.29, 0.717) is 17.8 Å². The maximum Gasteiger partial charge on any atom is 0.319 e. The summed E-state index contributed by atoms with van der Waals surface area (Å²) in [7, 11) is 0. The van der Waals surface area contributed by atoms with Crippen molar-refractivity contribution in [1.29, 1.82) is 0 Å². The van der Waals surface area contributed by atoms with Crippen LogP contribution in [-0.4, -0.2) is 28.0 Å². The maximum atomic E-state index is 12.6. The van der Waals surface area contributed by atoms with E-state index in [1.165, 1.54) is 11.3 Å². The number of carbonyl (C=O) groups is 2. The molecule has 24 heavy (non-hydrogen) atoms. The number of amides is 3. The van der Waals surface area contributed by atoms with E-state index in [0.717, 1.165) is 17.8 Å². The molecule has 0 saturated carbocycles. The Morgan fingerprint density at radius 1 is 1.50 bits per heavy atom. The van der Waals surface area contributed by atoms with E-state index in [9.17, 15) is 9.59 Å². The topological polar surface area (TPSA) is 88.1 Å². The standard InChI is InChI=1S/C16H19N5O2S/c1-11-13(14(20-16(23)19-11)12-4-2-9-24-12)15(22)18-5-3-7-21-8-6-17-10-21/h2,4,6,8-10,14H,3,5,7H2,1H3,(H,18,22)(H2,19,20,23)/t14-/m0/s1. The monoisotopic (exact) mass is 345 g/mol. The van der Waals surface area contributed by atoms with Crippen molar-refractivity contribution in [3.05, 3.63) is 52.4 Å². The molecule has 7 nitrogen and oxygen atoms in total. The van der Waals surface area contributed by atoms with Crippen LogP contribution in [0.15, 0.2) is 47.5 Å². The average molecular weight is 345 g/mol. The molecule has 3 heterocycles. The van der Waals surface area contributed by atoms with Crippen molar-refractivity contribution in [3.8, 4) is 0 Å². The number of carbonyl (C=O) groups excluding carboxylic acids is 2. The van der Waals surface area contributed by atoms with Crippen LogP contribution in [0, 0.1) is 0 Å². The van der Waals surface area contributed by atoms with Crippen molar-refractivity contribution < 1.29 is 9.59 Å². The van der Waals surface area contributed by atoms with Gasteiger partial charge in [0.25, 0.3) is 5.91 Å². The zero-order chi connectivity index (χ0) is 16.9. The number of rotatable bonds is 6. The number of nitrogens with zero attached hydrogens (tertiary/aromatic N) is 2. The number of hydrogen-bond donors (Lipinski definition) is 3. The number of aryl methyl sites for hydroxylation is 1. The Hall–Kier alpha value is -2.61. The van der Waals surface area contributed by atoms with E-state index < -0.39 is 6.04 Å². The van der Waals surface area contributed by atoms with Crippen molar-refractivity contribution in [2.75, 3.05) is 6.54 Å². The Labute approximate surface area is 143 Å². The second-order valence-corrected chi connectivity index (χ2v) is 6.47. The summed E-state index contributed by atoms with van der Waals surface area (Å²) in [5.41, 5.74) is 1.14. The van der Waals surface area contributed by atoms with Gasteiger partial charge < -0.3 is 20.5 Å². The van der Waals surface area contributed by atoms with Gasteiger partial charge in [-0.25, -0.2) is 9.78 Å². The minimum absolute atomic E-state index is 0.163. The van der Waals surface area contributed by atoms with Gasteiger partial charge in [-0.2, -0.15) is 0 Å². The molecular formula is C16H19N5O2S. The maximum absolute atomic E-state index is 12.6. The van der Waals surface area contributed by atoms with E-state index in [1.54, 1.807) is 19.4 Å². The van der Waals surface area contributed by atoms with Crippen molar-refractivity contribution in [2.45, 2.75) is 25.9 Å². The van der Waals surface area contributed by atoms with Gasteiger partial charge in [0.1, 0.15) is 0 Å². The van der Waals surface area contributed by atoms with Gasteiger partial charge in [-0.3, -0.25) is 4.79 Å². The number of imidazole rings is 1. The molecule has 0 unspecified atom stereocenters. The summed E-state index contributed by atoms with van der Waals surface area (Å²) >= 11 is 1.51. The number of nitrogens with one attached hydrogen (secondary N) is 3. The summed E-state index contributed by atoms with van der Waals surface area (Å²) in [6.45, 7) is 3.10. The highest BCUT2D eigenvalue weighted by molar-refractivity contribution is 7.10. The molecule has 3 amide bonds. The molecule has 0 saturated heterocycles. The van der Waals surface area contributed by atoms with Crippen LogP contribution in [0.5, 0.6) is 0 Å². The normalized spacial score (nSPS) is 17.4. The van der Waals surface area contributed by atoms with E-state index in [4.69, 9.17) is 0 Å². The Kier molecular flexibility index (Phi) is 4.95. The minimum atomic E-state index is -0.410. The molecule has 1 atom stereocenters. The number of thiophene rings is 1. The Morgan fingerprint density at radius 3 is 3.08 bits per heavy atom. The molecule has 0 fully saturated rings. The van der Waals surface area contributed by atoms with Gasteiger partial charge in [-0.15, -0.1) is 11.3 Å². The molecule has 0 aromatic carbocycles. The molecule has 126 valence electrons. The second kappa shape index (κ2) is 7.31. The van der Waals surface area contributed by atoms with E-state index in [-0.39, 0.29) is 11.9 Å². The molecule has 2 aromatic heterocycles. The third-order valence-corrected chi connectivity index (χ3v) is 4.72. The summed E-state index contributed by atoms with van der Waals surface area (Å²) in [6.07, 6.45) is 6.18. The zero-order valence-corrected chi connectivity index (χ0v) is 14.1. The summed E-state index contributed by atoms with van der Waals surface area (Å²) in [5.74, 6) is -0.163. The first-order chi connectivity index (χ1) is 11.6. The van der Waals surface area contributed by atoms with Gasteiger partial charge >= 0.3 is 6.03 Å². The highest BCUT2D eigenvalue weighted by Gasteiger charge is 2.31. The third-order valence-electron chi connectivity index (χ3n) is 3.78. The smallest absolute Gasteiger partial charge is 0.319 e. The van der Waals surface area contributed by atoms with Crippen molar-refractivity contribution >= 4 is 23.3 Å². The van der Waals surface area contributed by atoms with Crippen LogP contribution in [0.1, 0.15) is 24.3 Å². The lowest BCUT2D eigenvalue weighted by molar-refractivity contribution is -0.117. The first-order valence-electron chi connectivity index (χ1n) is 7.71. The fourth-order valence-electron chi connectivity index (χ4n) is 2.64. The van der Waals surface area contributed by atoms with Crippen molar-refractivity contribution in [2.24, 2.45) is 0 Å². The molecule has 0 bridgehead atoms. The minimum Gasteiger partial charge on any atom is -0.352 e. The lowest BCUT2D eigenvalue weighted by Gasteiger charge is -2.27. The average Bonchev–Trinajstić information content (AvgIpc) is 3.24. The van der Waals surface area contributed by atoms with E-state index in [1.807, 2.05) is 28.3 Å². The lowest BCUT2D eigenvalue weighted by Crippen LogP contribution is -2.46. The molecule has 2 aromatic rings. The number of aromatic nitrogens is 2. The molecule has 0 radical (unpaired) electrons. The lowest BCUT2D eigenvalue weighted by atomic mass is 10.0. The largest absolute Gasteiger partial charge is 0.352 e. The van der Waals surface area contributed by atoms with Gasteiger partial charge in [0, 0.05) is 36.1 Å². The molecule has 8 heteroatoms. The Balaban J connectivity index is 1.64. The summed E-state index contributed by atoms with van der Waals surface area (Å²) in [4.78, 5) is 29.3. The summed E-state index contributed by atoms with van der Waals surface area (Å²) in [6, 6.07) is 3.12. The Morgan fingerprint density at radius 2 is 2.38 bits per heavy atom. The van der Waals surface area contributed by atoms with Gasteiger partial charge in [-0.05, 0) is 24.8 Å². The van der Waals surface area contributed by atoms with Crippen LogP contribution < -0.4 is 16.0 Å². The number of hydrogen-bond acceptors (Lipinski definition) is 4. The first kappa shape index (κ1) is 16.3. The highest BCUT2D eigenvalue weighted by Crippen LogP contribution is 2.29. The molecule has 3 rings (SSSR count). The highest BCUT2D eigenvalue weighted by atomic mass is 32.1. The summed E-state index contributed by atoms with van der Waals surface area (Å²) < 4.78 is 1.97. The molecule has 1 aliphatic heterocycles.